The van der Waals surface area contributed by atoms with E-state index in [1.54, 1.807) is 6.07 Å². The van der Waals surface area contributed by atoms with Crippen molar-refractivity contribution in [3.8, 4) is 5.88 Å². The maximum Gasteiger partial charge on any atom is 0.500 e. The lowest BCUT2D eigenvalue weighted by molar-refractivity contribution is 0.00578. The van der Waals surface area contributed by atoms with E-state index < -0.39 is 28.2 Å². The van der Waals surface area contributed by atoms with Gasteiger partial charge < -0.3 is 14.0 Å². The lowest BCUT2D eigenvalue weighted by Gasteiger charge is -2.32. The van der Waals surface area contributed by atoms with Crippen molar-refractivity contribution in [1.82, 2.24) is 4.98 Å². The van der Waals surface area contributed by atoms with Gasteiger partial charge in [0.25, 0.3) is 0 Å². The highest BCUT2D eigenvalue weighted by atomic mass is 32.2. The van der Waals surface area contributed by atoms with Crippen LogP contribution >= 0.6 is 0 Å². The third kappa shape index (κ3) is 3.46. The molecule has 1 aromatic rings. The zero-order valence-electron chi connectivity index (χ0n) is 14.8. The summed E-state index contributed by atoms with van der Waals surface area (Å²) in [5.41, 5.74) is -0.517. The predicted molar refractivity (Wildman–Crippen MR) is 91.3 cm³/mol. The summed E-state index contributed by atoms with van der Waals surface area (Å²) < 4.78 is 41.7. The topological polar surface area (TPSA) is 74.7 Å². The van der Waals surface area contributed by atoms with Crippen molar-refractivity contribution in [3.63, 3.8) is 0 Å². The Balaban J connectivity index is 1.96. The monoisotopic (exact) mass is 353 g/mol. The molecule has 0 bridgehead atoms. The number of ether oxygens (including phenoxy) is 1. The molecule has 132 valence electrons. The third-order valence-electron chi connectivity index (χ3n) is 4.94. The second kappa shape index (κ2) is 5.71. The molecule has 0 unspecified atom stereocenters. The minimum absolute atomic E-state index is 0.131. The third-order valence-corrected chi connectivity index (χ3v) is 6.02. The van der Waals surface area contributed by atoms with E-state index in [1.807, 2.05) is 27.7 Å². The summed E-state index contributed by atoms with van der Waals surface area (Å²) in [4.78, 5) is 4.35. The van der Waals surface area contributed by atoms with E-state index >= 15 is 0 Å². The molecule has 0 aromatic carbocycles. The van der Waals surface area contributed by atoms with Crippen LogP contribution in [-0.2, 0) is 19.1 Å². The van der Waals surface area contributed by atoms with Gasteiger partial charge in [-0.1, -0.05) is 0 Å². The maximum atomic E-state index is 11.9. The molecule has 2 heterocycles. The second-order valence-electron chi connectivity index (χ2n) is 7.68. The van der Waals surface area contributed by atoms with Gasteiger partial charge in [-0.05, 0) is 52.5 Å². The molecule has 3 rings (SSSR count). The van der Waals surface area contributed by atoms with Gasteiger partial charge in [0.05, 0.1) is 22.7 Å². The summed E-state index contributed by atoms with van der Waals surface area (Å²) in [5.74, 6) is 0.945. The van der Waals surface area contributed by atoms with Crippen LogP contribution < -0.4 is 10.2 Å². The van der Waals surface area contributed by atoms with Crippen LogP contribution in [0.4, 0.5) is 0 Å². The van der Waals surface area contributed by atoms with Crippen molar-refractivity contribution < 1.29 is 22.5 Å². The fourth-order valence-electron chi connectivity index (χ4n) is 2.39. The van der Waals surface area contributed by atoms with Crippen LogP contribution in [0.2, 0.25) is 0 Å². The largest absolute Gasteiger partial charge is 0.500 e. The molecule has 1 aliphatic heterocycles. The highest BCUT2D eigenvalue weighted by molar-refractivity contribution is 7.90. The summed E-state index contributed by atoms with van der Waals surface area (Å²) >= 11 is 0. The molecular weight excluding hydrogens is 329 g/mol. The molecule has 1 aliphatic carbocycles. The Morgan fingerprint density at radius 2 is 1.83 bits per heavy atom. The van der Waals surface area contributed by atoms with Crippen LogP contribution in [0.1, 0.15) is 40.5 Å². The number of pyridine rings is 1. The second-order valence-corrected chi connectivity index (χ2v) is 9.70. The van der Waals surface area contributed by atoms with Gasteiger partial charge in [0, 0.05) is 17.9 Å². The quantitative estimate of drug-likeness (QED) is 0.748. The predicted octanol–water partition coefficient (Wildman–Crippen LogP) is 1.57. The van der Waals surface area contributed by atoms with Gasteiger partial charge in [-0.3, -0.25) is 0 Å². The molecule has 0 radical (unpaired) electrons. The fraction of sp³-hybridized carbons (Fsp3) is 0.688. The van der Waals surface area contributed by atoms with Gasteiger partial charge in [-0.2, -0.15) is 0 Å². The van der Waals surface area contributed by atoms with Gasteiger partial charge >= 0.3 is 7.12 Å². The van der Waals surface area contributed by atoms with Gasteiger partial charge in [0.1, 0.15) is 0 Å². The molecule has 2 fully saturated rings. The fourth-order valence-corrected chi connectivity index (χ4v) is 2.98. The van der Waals surface area contributed by atoms with Crippen molar-refractivity contribution in [1.29, 1.82) is 0 Å². The first-order valence-electron chi connectivity index (χ1n) is 8.18. The molecule has 0 atom stereocenters. The van der Waals surface area contributed by atoms with E-state index in [2.05, 4.69) is 4.98 Å². The number of hydrogen-bond donors (Lipinski definition) is 0. The van der Waals surface area contributed by atoms with E-state index in [-0.39, 0.29) is 4.90 Å². The highest BCUT2D eigenvalue weighted by Gasteiger charge is 2.53. The number of hydrogen-bond acceptors (Lipinski definition) is 6. The Hall–Kier alpha value is -1.12. The molecule has 1 aromatic heterocycles. The number of rotatable bonds is 5. The van der Waals surface area contributed by atoms with E-state index in [1.165, 1.54) is 6.20 Å². The van der Waals surface area contributed by atoms with Gasteiger partial charge in [-0.15, -0.1) is 0 Å². The van der Waals surface area contributed by atoms with E-state index in [0.717, 1.165) is 19.1 Å². The Bertz CT molecular complexity index is 727. The lowest BCUT2D eigenvalue weighted by Crippen LogP contribution is -2.41. The van der Waals surface area contributed by atoms with Crippen LogP contribution in [0.15, 0.2) is 17.2 Å². The minimum atomic E-state index is -3.38. The zero-order chi connectivity index (χ0) is 17.8. The molecule has 8 heteroatoms. The average molecular weight is 353 g/mol. The molecular formula is C16H24BNO5S. The molecule has 0 spiro atoms. The van der Waals surface area contributed by atoms with E-state index in [0.29, 0.717) is 23.9 Å². The van der Waals surface area contributed by atoms with Gasteiger partial charge in [0.2, 0.25) is 5.88 Å². The van der Waals surface area contributed by atoms with Crippen LogP contribution in [0.5, 0.6) is 5.88 Å². The SMILES string of the molecule is CC1(C)OB(c2cc(S(C)(=O)=O)cnc2OCC2CC2)OC1(C)C. The number of aromatic nitrogens is 1. The maximum absolute atomic E-state index is 11.9. The van der Waals surface area contributed by atoms with Crippen molar-refractivity contribution in [2.45, 2.75) is 56.6 Å². The molecule has 0 amide bonds. The standard InChI is InChI=1S/C16H24BNO5S/c1-15(2)16(3,4)23-17(22-15)13-8-12(24(5,19)20)9-18-14(13)21-10-11-6-7-11/h8-9,11H,6-7,10H2,1-5H3. The number of sulfone groups is 1. The van der Waals surface area contributed by atoms with Crippen LogP contribution in [0.25, 0.3) is 0 Å². The zero-order valence-corrected chi connectivity index (χ0v) is 15.6. The minimum Gasteiger partial charge on any atom is -0.478 e. The molecule has 1 saturated heterocycles. The Kier molecular flexibility index (Phi) is 4.21. The first-order chi connectivity index (χ1) is 11.0. The van der Waals surface area contributed by atoms with E-state index in [9.17, 15) is 8.42 Å². The average Bonchev–Trinajstić information content (AvgIpc) is 3.23. The normalized spacial score (nSPS) is 22.6. The first kappa shape index (κ1) is 17.7. The smallest absolute Gasteiger partial charge is 0.478 e. The van der Waals surface area contributed by atoms with Crippen molar-refractivity contribution in [2.24, 2.45) is 5.92 Å². The van der Waals surface area contributed by atoms with Gasteiger partial charge in [0.15, 0.2) is 9.84 Å². The van der Waals surface area contributed by atoms with Gasteiger partial charge in [-0.25, -0.2) is 13.4 Å². The molecule has 0 N–H and O–H groups in total. The van der Waals surface area contributed by atoms with Crippen molar-refractivity contribution in [3.05, 3.63) is 12.3 Å². The first-order valence-corrected chi connectivity index (χ1v) is 10.1. The van der Waals surface area contributed by atoms with Crippen LogP contribution in [-0.4, -0.2) is 44.6 Å². The van der Waals surface area contributed by atoms with E-state index in [4.69, 9.17) is 14.0 Å². The molecule has 1 saturated carbocycles. The highest BCUT2D eigenvalue weighted by Crippen LogP contribution is 2.37. The summed E-state index contributed by atoms with van der Waals surface area (Å²) in [6.07, 6.45) is 4.80. The Morgan fingerprint density at radius 1 is 1.25 bits per heavy atom. The van der Waals surface area contributed by atoms with Crippen LogP contribution in [0, 0.1) is 5.92 Å². The molecule has 24 heavy (non-hydrogen) atoms. The van der Waals surface area contributed by atoms with Crippen molar-refractivity contribution >= 4 is 22.4 Å². The Labute approximate surface area is 144 Å². The van der Waals surface area contributed by atoms with Crippen molar-refractivity contribution in [2.75, 3.05) is 12.9 Å². The summed E-state index contributed by atoms with van der Waals surface area (Å²) in [7, 11) is -4.09. The summed E-state index contributed by atoms with van der Waals surface area (Å²) in [6.45, 7) is 8.38. The Morgan fingerprint density at radius 3 is 2.33 bits per heavy atom. The van der Waals surface area contributed by atoms with Crippen LogP contribution in [0.3, 0.4) is 0 Å². The summed E-state index contributed by atoms with van der Waals surface area (Å²) in [5, 5.41) is 0. The lowest BCUT2D eigenvalue weighted by atomic mass is 9.80. The summed E-state index contributed by atoms with van der Waals surface area (Å²) in [6, 6.07) is 1.55. The molecule has 2 aliphatic rings. The number of nitrogens with zero attached hydrogens (tertiary/aromatic N) is 1. The molecule has 6 nitrogen and oxygen atoms in total.